The van der Waals surface area contributed by atoms with Crippen LogP contribution in [0.2, 0.25) is 0 Å². The van der Waals surface area contributed by atoms with Crippen LogP contribution in [0.4, 0.5) is 0 Å². The Kier molecular flexibility index (Phi) is 2.12. The van der Waals surface area contributed by atoms with Gasteiger partial charge in [0.25, 0.3) is 0 Å². The lowest BCUT2D eigenvalue weighted by Crippen LogP contribution is -2.41. The van der Waals surface area contributed by atoms with E-state index in [-0.39, 0.29) is 40.5 Å². The molecule has 1 fully saturated rings. The number of hydrogen-bond donors (Lipinski definition) is 0. The third-order valence-corrected chi connectivity index (χ3v) is 5.43. The second kappa shape index (κ2) is 5.12. The minimum atomic E-state index is -0.724. The van der Waals surface area contributed by atoms with Crippen LogP contribution < -0.4 is 5.46 Å². The lowest BCUT2D eigenvalue weighted by molar-refractivity contribution is 0.00578. The first-order chi connectivity index (χ1) is 14.9. The van der Waals surface area contributed by atoms with E-state index in [1.165, 1.54) is 0 Å². The molecular formula is C22H21BO3. The predicted octanol–water partition coefficient (Wildman–Crippen LogP) is 5.04. The molecular weight excluding hydrogens is 323 g/mol. The summed E-state index contributed by atoms with van der Waals surface area (Å²) in [6, 6.07) is 3.48. The molecule has 130 valence electrons. The Bertz CT molecular complexity index is 1440. The van der Waals surface area contributed by atoms with Crippen molar-refractivity contribution in [3.8, 4) is 0 Å². The summed E-state index contributed by atoms with van der Waals surface area (Å²) in [7, 11) is -0.724. The molecule has 0 aliphatic carbocycles. The Balaban J connectivity index is 1.92. The van der Waals surface area contributed by atoms with Crippen molar-refractivity contribution in [2.24, 2.45) is 0 Å². The van der Waals surface area contributed by atoms with Gasteiger partial charge >= 0.3 is 7.12 Å². The van der Waals surface area contributed by atoms with Gasteiger partial charge in [-0.25, -0.2) is 0 Å². The van der Waals surface area contributed by atoms with E-state index in [9.17, 15) is 0 Å². The summed E-state index contributed by atoms with van der Waals surface area (Å²) < 4.78 is 68.6. The summed E-state index contributed by atoms with van der Waals surface area (Å²) >= 11 is 0. The van der Waals surface area contributed by atoms with Gasteiger partial charge in [-0.3, -0.25) is 0 Å². The minimum Gasteiger partial charge on any atom is -0.456 e. The zero-order chi connectivity index (χ0) is 23.3. The monoisotopic (exact) mass is 350 g/mol. The second-order valence-electron chi connectivity index (χ2n) is 7.61. The molecule has 1 aliphatic rings. The van der Waals surface area contributed by atoms with E-state index in [4.69, 9.17) is 22.0 Å². The van der Waals surface area contributed by atoms with E-state index >= 15 is 0 Å². The van der Waals surface area contributed by atoms with Crippen LogP contribution in [0.5, 0.6) is 0 Å². The summed E-state index contributed by atoms with van der Waals surface area (Å²) in [6.07, 6.45) is 0. The van der Waals surface area contributed by atoms with E-state index in [0.29, 0.717) is 21.8 Å². The molecule has 5 rings (SSSR count). The summed E-state index contributed by atoms with van der Waals surface area (Å²) in [5.74, 6) is 0. The van der Waals surface area contributed by atoms with Gasteiger partial charge in [0, 0.05) is 10.8 Å². The molecule has 4 aromatic rings. The molecule has 0 saturated carbocycles. The molecule has 0 atom stereocenters. The molecule has 0 radical (unpaired) electrons. The van der Waals surface area contributed by atoms with Gasteiger partial charge < -0.3 is 13.7 Å². The molecule has 0 spiro atoms. The number of fused-ring (bicyclic) bond motifs is 4. The summed E-state index contributed by atoms with van der Waals surface area (Å²) in [4.78, 5) is 0. The normalized spacial score (nSPS) is 22.2. The predicted molar refractivity (Wildman–Crippen MR) is 107 cm³/mol. The highest BCUT2D eigenvalue weighted by Gasteiger charge is 2.52. The van der Waals surface area contributed by atoms with Crippen molar-refractivity contribution in [1.82, 2.24) is 0 Å². The number of hydrogen-bond acceptors (Lipinski definition) is 3. The van der Waals surface area contributed by atoms with Crippen molar-refractivity contribution >= 4 is 45.3 Å². The molecule has 1 aromatic heterocycles. The van der Waals surface area contributed by atoms with Crippen LogP contribution in [0.3, 0.4) is 0 Å². The molecule has 2 heterocycles. The lowest BCUT2D eigenvalue weighted by Gasteiger charge is -2.32. The largest absolute Gasteiger partial charge is 0.495 e. The molecule has 0 N–H and O–H groups in total. The van der Waals surface area contributed by atoms with Crippen LogP contribution in [-0.2, 0) is 9.31 Å². The molecule has 0 unspecified atom stereocenters. The Hall–Kier alpha value is -2.30. The molecule has 26 heavy (non-hydrogen) atoms. The van der Waals surface area contributed by atoms with Crippen LogP contribution >= 0.6 is 0 Å². The van der Waals surface area contributed by atoms with Crippen molar-refractivity contribution in [3.63, 3.8) is 0 Å². The fourth-order valence-electron chi connectivity index (χ4n) is 3.29. The third kappa shape index (κ3) is 2.16. The SMILES string of the molecule is [2H]c1c([2H])c([2H])c2c([2H])c3c(oc4cccc(B5OC(C)(C)C(C)(C)O5)c43)c([2H])c2c1[2H]. The Morgan fingerprint density at radius 2 is 1.54 bits per heavy atom. The zero-order valence-electron chi connectivity index (χ0n) is 21.0. The second-order valence-corrected chi connectivity index (χ2v) is 7.61. The molecule has 1 aliphatic heterocycles. The van der Waals surface area contributed by atoms with E-state index in [1.807, 2.05) is 33.8 Å². The fourth-order valence-corrected chi connectivity index (χ4v) is 3.29. The molecule has 1 saturated heterocycles. The molecule has 0 amide bonds. The summed E-state index contributed by atoms with van der Waals surface area (Å²) in [6.45, 7) is 7.79. The third-order valence-electron chi connectivity index (χ3n) is 5.43. The summed E-state index contributed by atoms with van der Waals surface area (Å²) in [5, 5.41) is 0.839. The average Bonchev–Trinajstić information content (AvgIpc) is 3.21. The standard InChI is InChI=1S/C22H21BO3/c1-21(2)22(3,4)26-23(25-21)17-10-7-11-18-20(17)16-12-14-8-5-6-9-15(14)13-19(16)24-18/h5-13H,1-4H3/i5D,6D,8D,9D,12D,13D. The summed E-state index contributed by atoms with van der Waals surface area (Å²) in [5.41, 5.74) is 0.0322. The molecule has 0 bridgehead atoms. The van der Waals surface area contributed by atoms with Crippen molar-refractivity contribution in [2.45, 2.75) is 38.9 Å². The first-order valence-electron chi connectivity index (χ1n) is 11.6. The van der Waals surface area contributed by atoms with Gasteiger partial charge in [-0.15, -0.1) is 0 Å². The van der Waals surface area contributed by atoms with Gasteiger partial charge in [0.2, 0.25) is 0 Å². The zero-order valence-corrected chi connectivity index (χ0v) is 15.0. The molecule has 4 heteroatoms. The Morgan fingerprint density at radius 1 is 0.885 bits per heavy atom. The van der Waals surface area contributed by atoms with Crippen LogP contribution in [0, 0.1) is 0 Å². The minimum absolute atomic E-state index is 0.0000727. The average molecular weight is 350 g/mol. The fraction of sp³-hybridized carbons (Fsp3) is 0.273. The number of benzene rings is 3. The van der Waals surface area contributed by atoms with E-state index < -0.39 is 30.4 Å². The van der Waals surface area contributed by atoms with Crippen LogP contribution in [0.15, 0.2) is 58.9 Å². The van der Waals surface area contributed by atoms with Crippen molar-refractivity contribution in [3.05, 3.63) is 54.5 Å². The Morgan fingerprint density at radius 3 is 2.23 bits per heavy atom. The lowest BCUT2D eigenvalue weighted by atomic mass is 9.76. The number of furan rings is 1. The Labute approximate surface area is 161 Å². The van der Waals surface area contributed by atoms with Gasteiger partial charge in [0.1, 0.15) is 11.2 Å². The first-order valence-corrected chi connectivity index (χ1v) is 8.57. The smallest absolute Gasteiger partial charge is 0.456 e. The van der Waals surface area contributed by atoms with Gasteiger partial charge in [-0.1, -0.05) is 36.3 Å². The molecule has 3 aromatic carbocycles. The maximum Gasteiger partial charge on any atom is 0.495 e. The van der Waals surface area contributed by atoms with Gasteiger partial charge in [0.15, 0.2) is 0 Å². The van der Waals surface area contributed by atoms with Gasteiger partial charge in [0.05, 0.1) is 19.4 Å². The van der Waals surface area contributed by atoms with Crippen molar-refractivity contribution < 1.29 is 22.0 Å². The van der Waals surface area contributed by atoms with Gasteiger partial charge in [-0.05, 0) is 62.1 Å². The van der Waals surface area contributed by atoms with E-state index in [2.05, 4.69) is 0 Å². The maximum absolute atomic E-state index is 8.88. The van der Waals surface area contributed by atoms with Crippen molar-refractivity contribution in [2.75, 3.05) is 0 Å². The van der Waals surface area contributed by atoms with Crippen LogP contribution in [0.25, 0.3) is 32.7 Å². The highest BCUT2D eigenvalue weighted by molar-refractivity contribution is 6.66. The van der Waals surface area contributed by atoms with Crippen molar-refractivity contribution in [1.29, 1.82) is 0 Å². The first kappa shape index (κ1) is 10.8. The van der Waals surface area contributed by atoms with E-state index in [0.717, 1.165) is 0 Å². The van der Waals surface area contributed by atoms with E-state index in [1.54, 1.807) is 12.1 Å². The van der Waals surface area contributed by atoms with Gasteiger partial charge in [-0.2, -0.15) is 0 Å². The highest BCUT2D eigenvalue weighted by atomic mass is 16.7. The maximum atomic E-state index is 8.88. The molecule has 3 nitrogen and oxygen atoms in total. The van der Waals surface area contributed by atoms with Crippen LogP contribution in [0.1, 0.15) is 35.9 Å². The number of rotatable bonds is 1. The highest BCUT2D eigenvalue weighted by Crippen LogP contribution is 2.38. The quantitative estimate of drug-likeness (QED) is 0.451. The van der Waals surface area contributed by atoms with Crippen LogP contribution in [-0.4, -0.2) is 18.3 Å². The topological polar surface area (TPSA) is 31.6 Å².